The quantitative estimate of drug-likeness (QED) is 0.652. The van der Waals surface area contributed by atoms with Gasteiger partial charge in [-0.2, -0.15) is 0 Å². The number of esters is 1. The molecule has 7 heteroatoms. The summed E-state index contributed by atoms with van der Waals surface area (Å²) in [6.07, 6.45) is 0. The molecule has 22 heavy (non-hydrogen) atoms. The topological polar surface area (TPSA) is 50.4 Å². The van der Waals surface area contributed by atoms with Crippen molar-refractivity contribution in [2.45, 2.75) is 0 Å². The van der Waals surface area contributed by atoms with Crippen molar-refractivity contribution < 1.29 is 13.9 Å². The van der Waals surface area contributed by atoms with Crippen molar-refractivity contribution in [3.05, 3.63) is 58.9 Å². The second-order valence-corrected chi connectivity index (χ2v) is 5.09. The zero-order valence-corrected chi connectivity index (χ0v) is 13.1. The number of methoxy groups -OCH3 is 1. The summed E-state index contributed by atoms with van der Waals surface area (Å²) in [5, 5.41) is 6.31. The maximum atomic E-state index is 13.0. The summed E-state index contributed by atoms with van der Waals surface area (Å²) >= 11 is 11.1. The molecule has 0 saturated carbocycles. The van der Waals surface area contributed by atoms with Gasteiger partial charge >= 0.3 is 5.97 Å². The van der Waals surface area contributed by atoms with E-state index in [-0.39, 0.29) is 5.02 Å². The summed E-state index contributed by atoms with van der Waals surface area (Å²) in [4.78, 5) is 11.3. The zero-order chi connectivity index (χ0) is 16.1. The van der Waals surface area contributed by atoms with E-state index >= 15 is 0 Å². The number of rotatable bonds is 3. The van der Waals surface area contributed by atoms with Gasteiger partial charge in [0.25, 0.3) is 0 Å². The molecule has 0 bridgehead atoms. The first-order valence-electron chi connectivity index (χ1n) is 6.21. The van der Waals surface area contributed by atoms with Gasteiger partial charge in [-0.25, -0.2) is 9.18 Å². The number of carbonyl (C=O) groups is 1. The van der Waals surface area contributed by atoms with Crippen LogP contribution in [0.5, 0.6) is 0 Å². The minimum atomic E-state index is -0.423. The zero-order valence-electron chi connectivity index (χ0n) is 11.5. The number of carbonyl (C=O) groups excluding carboxylic acids is 1. The second-order valence-electron chi connectivity index (χ2n) is 4.27. The van der Waals surface area contributed by atoms with Crippen molar-refractivity contribution >= 4 is 46.3 Å². The maximum absolute atomic E-state index is 13.0. The van der Waals surface area contributed by atoms with Gasteiger partial charge in [0, 0.05) is 5.69 Å². The Bertz CT molecular complexity index is 707. The highest BCUT2D eigenvalue weighted by Gasteiger charge is 2.06. The van der Waals surface area contributed by atoms with E-state index < -0.39 is 11.8 Å². The molecule has 0 fully saturated rings. The van der Waals surface area contributed by atoms with Crippen molar-refractivity contribution in [1.29, 1.82) is 0 Å². The Labute approximate surface area is 137 Å². The molecule has 2 aromatic rings. The van der Waals surface area contributed by atoms with E-state index in [4.69, 9.17) is 23.8 Å². The standard InChI is InChI=1S/C15H12ClFN2O2S/c1-21-14(20)9-2-5-11(6-3-9)18-15(22)19-13-7-4-10(17)8-12(13)16/h2-8H,1H3,(H2,18,19,22). The Morgan fingerprint density at radius 1 is 1.18 bits per heavy atom. The average Bonchev–Trinajstić information content (AvgIpc) is 2.50. The molecule has 4 nitrogen and oxygen atoms in total. The van der Waals surface area contributed by atoms with Gasteiger partial charge in [-0.1, -0.05) is 11.6 Å². The van der Waals surface area contributed by atoms with Crippen molar-refractivity contribution in [3.63, 3.8) is 0 Å². The summed E-state index contributed by atoms with van der Waals surface area (Å²) in [5.41, 5.74) is 1.61. The van der Waals surface area contributed by atoms with Crippen LogP contribution in [0.2, 0.25) is 5.02 Å². The fraction of sp³-hybridized carbons (Fsp3) is 0.0667. The molecule has 0 atom stereocenters. The Morgan fingerprint density at radius 2 is 1.86 bits per heavy atom. The minimum Gasteiger partial charge on any atom is -0.465 e. The Hall–Kier alpha value is -2.18. The summed E-state index contributed by atoms with van der Waals surface area (Å²) in [6.45, 7) is 0. The Balaban J connectivity index is 2.01. The van der Waals surface area contributed by atoms with Gasteiger partial charge in [0.2, 0.25) is 0 Å². The Morgan fingerprint density at radius 3 is 2.45 bits per heavy atom. The molecule has 0 aliphatic rings. The molecular weight excluding hydrogens is 327 g/mol. The predicted molar refractivity (Wildman–Crippen MR) is 89.0 cm³/mol. The van der Waals surface area contributed by atoms with Gasteiger partial charge in [-0.15, -0.1) is 0 Å². The van der Waals surface area contributed by atoms with Crippen LogP contribution >= 0.6 is 23.8 Å². The van der Waals surface area contributed by atoms with Gasteiger partial charge in [-0.3, -0.25) is 0 Å². The van der Waals surface area contributed by atoms with E-state index in [0.29, 0.717) is 22.1 Å². The lowest BCUT2D eigenvalue weighted by molar-refractivity contribution is 0.0601. The maximum Gasteiger partial charge on any atom is 0.337 e. The number of hydrogen-bond acceptors (Lipinski definition) is 3. The van der Waals surface area contributed by atoms with Crippen LogP contribution < -0.4 is 10.6 Å². The minimum absolute atomic E-state index is 0.227. The first-order valence-corrected chi connectivity index (χ1v) is 6.99. The molecular formula is C15H12ClFN2O2S. The van der Waals surface area contributed by atoms with Gasteiger partial charge < -0.3 is 15.4 Å². The molecule has 0 unspecified atom stereocenters. The van der Waals surface area contributed by atoms with Crippen LogP contribution in [-0.4, -0.2) is 18.2 Å². The lowest BCUT2D eigenvalue weighted by Gasteiger charge is -2.12. The lowest BCUT2D eigenvalue weighted by Crippen LogP contribution is -2.19. The van der Waals surface area contributed by atoms with Crippen LogP contribution in [-0.2, 0) is 4.74 Å². The fourth-order valence-corrected chi connectivity index (χ4v) is 2.13. The van der Waals surface area contributed by atoms with Crippen LogP contribution in [0.4, 0.5) is 15.8 Å². The van der Waals surface area contributed by atoms with Gasteiger partial charge in [0.15, 0.2) is 5.11 Å². The van der Waals surface area contributed by atoms with E-state index in [2.05, 4.69) is 15.4 Å². The van der Waals surface area contributed by atoms with Gasteiger partial charge in [0.05, 0.1) is 23.4 Å². The van der Waals surface area contributed by atoms with Crippen LogP contribution in [0.15, 0.2) is 42.5 Å². The smallest absolute Gasteiger partial charge is 0.337 e. The molecule has 2 aromatic carbocycles. The molecule has 0 aromatic heterocycles. The molecule has 0 saturated heterocycles. The summed E-state index contributed by atoms with van der Waals surface area (Å²) in [5.74, 6) is -0.835. The average molecular weight is 339 g/mol. The monoisotopic (exact) mass is 338 g/mol. The number of ether oxygens (including phenoxy) is 1. The number of hydrogen-bond donors (Lipinski definition) is 2. The van der Waals surface area contributed by atoms with Crippen LogP contribution in [0.1, 0.15) is 10.4 Å². The fourth-order valence-electron chi connectivity index (χ4n) is 1.68. The third-order valence-corrected chi connectivity index (χ3v) is 3.26. The van der Waals surface area contributed by atoms with Gasteiger partial charge in [0.1, 0.15) is 5.82 Å². The van der Waals surface area contributed by atoms with E-state index in [1.807, 2.05) is 0 Å². The molecule has 0 amide bonds. The largest absolute Gasteiger partial charge is 0.465 e. The van der Waals surface area contributed by atoms with Crippen molar-refractivity contribution in [3.8, 4) is 0 Å². The van der Waals surface area contributed by atoms with E-state index in [0.717, 1.165) is 0 Å². The number of thiocarbonyl (C=S) groups is 1. The van der Waals surface area contributed by atoms with E-state index in [1.165, 1.54) is 25.3 Å². The van der Waals surface area contributed by atoms with Crippen LogP contribution in [0, 0.1) is 5.82 Å². The normalized spacial score (nSPS) is 9.95. The molecule has 0 aliphatic heterocycles. The highest BCUT2D eigenvalue weighted by molar-refractivity contribution is 7.80. The third kappa shape index (κ3) is 4.16. The predicted octanol–water partition coefficient (Wildman–Crippen LogP) is 4.07. The first-order chi connectivity index (χ1) is 10.5. The second kappa shape index (κ2) is 7.20. The van der Waals surface area contributed by atoms with E-state index in [9.17, 15) is 9.18 Å². The van der Waals surface area contributed by atoms with Crippen molar-refractivity contribution in [2.75, 3.05) is 17.7 Å². The van der Waals surface area contributed by atoms with Gasteiger partial charge in [-0.05, 0) is 54.7 Å². The molecule has 0 spiro atoms. The molecule has 0 radical (unpaired) electrons. The molecule has 2 rings (SSSR count). The van der Waals surface area contributed by atoms with E-state index in [1.54, 1.807) is 24.3 Å². The first kappa shape index (κ1) is 16.2. The summed E-state index contributed by atoms with van der Waals surface area (Å²) < 4.78 is 17.6. The van der Waals surface area contributed by atoms with Crippen LogP contribution in [0.25, 0.3) is 0 Å². The SMILES string of the molecule is COC(=O)c1ccc(NC(=S)Nc2ccc(F)cc2Cl)cc1. The summed E-state index contributed by atoms with van der Waals surface area (Å²) in [6, 6.07) is 10.6. The molecule has 2 N–H and O–H groups in total. The summed E-state index contributed by atoms with van der Waals surface area (Å²) in [7, 11) is 1.32. The Kier molecular flexibility index (Phi) is 5.30. The highest BCUT2D eigenvalue weighted by Crippen LogP contribution is 2.22. The highest BCUT2D eigenvalue weighted by atomic mass is 35.5. The van der Waals surface area contributed by atoms with Crippen molar-refractivity contribution in [2.24, 2.45) is 0 Å². The number of anilines is 2. The molecule has 0 heterocycles. The number of halogens is 2. The third-order valence-electron chi connectivity index (χ3n) is 2.74. The number of nitrogens with one attached hydrogen (secondary N) is 2. The number of benzene rings is 2. The molecule has 114 valence electrons. The molecule has 0 aliphatic carbocycles. The van der Waals surface area contributed by atoms with Crippen LogP contribution in [0.3, 0.4) is 0 Å². The van der Waals surface area contributed by atoms with Crippen molar-refractivity contribution in [1.82, 2.24) is 0 Å². The lowest BCUT2D eigenvalue weighted by atomic mass is 10.2.